The van der Waals surface area contributed by atoms with Crippen LogP contribution in [0.3, 0.4) is 0 Å². The Morgan fingerprint density at radius 3 is 2.78 bits per heavy atom. The van der Waals surface area contributed by atoms with Crippen molar-refractivity contribution >= 4 is 22.3 Å². The number of nitrogens with zero attached hydrogens (tertiary/aromatic N) is 1. The second-order valence-electron chi connectivity index (χ2n) is 4.37. The van der Waals surface area contributed by atoms with Crippen LogP contribution in [0.1, 0.15) is 13.3 Å². The highest BCUT2D eigenvalue weighted by atomic mass is 16.4. The average Bonchev–Trinajstić information content (AvgIpc) is 2.39. The van der Waals surface area contributed by atoms with Crippen molar-refractivity contribution in [1.29, 1.82) is 0 Å². The van der Waals surface area contributed by atoms with Gasteiger partial charge < -0.3 is 16.3 Å². The number of hydrogen-bond acceptors (Lipinski definition) is 3. The molecule has 0 saturated carbocycles. The Kier molecular flexibility index (Phi) is 3.67. The number of anilines is 1. The number of nitrogens with one attached hydrogen (secondary N) is 1. The van der Waals surface area contributed by atoms with E-state index in [0.717, 1.165) is 5.69 Å². The molecule has 94 valence electrons. The Labute approximate surface area is 106 Å². The van der Waals surface area contributed by atoms with Crippen LogP contribution in [0.25, 0.3) is 10.8 Å². The van der Waals surface area contributed by atoms with E-state index in [1.54, 1.807) is 0 Å². The summed E-state index contributed by atoms with van der Waals surface area (Å²) in [4.78, 5) is 0. The van der Waals surface area contributed by atoms with Crippen LogP contribution in [0.2, 0.25) is 0 Å². The minimum absolute atomic E-state index is 0.103. The number of rotatable bonds is 4. The highest BCUT2D eigenvalue weighted by Crippen LogP contribution is 2.23. The fourth-order valence-electron chi connectivity index (χ4n) is 2.02. The van der Waals surface area contributed by atoms with E-state index in [2.05, 4.69) is 28.7 Å². The quantitative estimate of drug-likeness (QED) is 0.334. The van der Waals surface area contributed by atoms with E-state index in [4.69, 9.17) is 10.9 Å². The molecule has 0 amide bonds. The minimum Gasteiger partial charge on any atom is -0.409 e. The molecule has 4 nitrogen and oxygen atoms in total. The molecule has 0 saturated heterocycles. The molecule has 0 aliphatic heterocycles. The predicted molar refractivity (Wildman–Crippen MR) is 75.1 cm³/mol. The van der Waals surface area contributed by atoms with E-state index in [9.17, 15) is 0 Å². The number of oxime groups is 1. The van der Waals surface area contributed by atoms with E-state index < -0.39 is 0 Å². The summed E-state index contributed by atoms with van der Waals surface area (Å²) in [5.41, 5.74) is 6.56. The third-order valence-corrected chi connectivity index (χ3v) is 2.84. The molecule has 2 aromatic carbocycles. The van der Waals surface area contributed by atoms with Crippen LogP contribution in [-0.4, -0.2) is 17.1 Å². The number of nitrogens with two attached hydrogens (primary N) is 1. The molecule has 1 atom stereocenters. The monoisotopic (exact) mass is 243 g/mol. The first-order chi connectivity index (χ1) is 8.70. The summed E-state index contributed by atoms with van der Waals surface area (Å²) in [6, 6.07) is 14.4. The van der Waals surface area contributed by atoms with Crippen molar-refractivity contribution in [2.24, 2.45) is 10.9 Å². The molecule has 2 aromatic rings. The molecule has 0 heterocycles. The first kappa shape index (κ1) is 12.2. The van der Waals surface area contributed by atoms with Crippen molar-refractivity contribution in [1.82, 2.24) is 0 Å². The number of hydrogen-bond donors (Lipinski definition) is 3. The van der Waals surface area contributed by atoms with Gasteiger partial charge in [-0.25, -0.2) is 0 Å². The van der Waals surface area contributed by atoms with Gasteiger partial charge in [0.1, 0.15) is 5.84 Å². The smallest absolute Gasteiger partial charge is 0.141 e. The Balaban J connectivity index is 2.21. The third-order valence-electron chi connectivity index (χ3n) is 2.84. The molecule has 0 spiro atoms. The van der Waals surface area contributed by atoms with Crippen LogP contribution in [0, 0.1) is 0 Å². The van der Waals surface area contributed by atoms with Crippen LogP contribution >= 0.6 is 0 Å². The molecule has 0 bridgehead atoms. The van der Waals surface area contributed by atoms with Crippen molar-refractivity contribution in [2.75, 3.05) is 5.32 Å². The largest absolute Gasteiger partial charge is 0.409 e. The molecule has 4 N–H and O–H groups in total. The fraction of sp³-hybridized carbons (Fsp3) is 0.214. The molecular weight excluding hydrogens is 226 g/mol. The van der Waals surface area contributed by atoms with Crippen molar-refractivity contribution in [2.45, 2.75) is 19.4 Å². The van der Waals surface area contributed by atoms with Gasteiger partial charge in [-0.2, -0.15) is 0 Å². The first-order valence-corrected chi connectivity index (χ1v) is 5.91. The highest BCUT2D eigenvalue weighted by Gasteiger charge is 2.07. The summed E-state index contributed by atoms with van der Waals surface area (Å²) in [7, 11) is 0. The molecule has 2 rings (SSSR count). The highest BCUT2D eigenvalue weighted by molar-refractivity contribution is 5.94. The van der Waals surface area contributed by atoms with Gasteiger partial charge in [-0.1, -0.05) is 41.6 Å². The maximum absolute atomic E-state index is 8.56. The van der Waals surface area contributed by atoms with Crippen LogP contribution < -0.4 is 11.1 Å². The molecular formula is C14H17N3O. The Morgan fingerprint density at radius 1 is 1.28 bits per heavy atom. The normalized spacial score (nSPS) is 13.5. The summed E-state index contributed by atoms with van der Waals surface area (Å²) >= 11 is 0. The zero-order valence-electron chi connectivity index (χ0n) is 10.3. The molecule has 0 aliphatic rings. The van der Waals surface area contributed by atoms with Gasteiger partial charge in [0.25, 0.3) is 0 Å². The van der Waals surface area contributed by atoms with Gasteiger partial charge in [-0.3, -0.25) is 0 Å². The Bertz CT molecular complexity index is 560. The zero-order valence-corrected chi connectivity index (χ0v) is 10.3. The molecule has 0 aliphatic carbocycles. The predicted octanol–water partition coefficient (Wildman–Crippen LogP) is 2.78. The maximum Gasteiger partial charge on any atom is 0.141 e. The lowest BCUT2D eigenvalue weighted by Crippen LogP contribution is -2.24. The number of benzene rings is 2. The zero-order chi connectivity index (χ0) is 13.0. The van der Waals surface area contributed by atoms with E-state index >= 15 is 0 Å². The summed E-state index contributed by atoms with van der Waals surface area (Å²) in [5.74, 6) is 0.232. The van der Waals surface area contributed by atoms with Gasteiger partial charge in [-0.05, 0) is 18.4 Å². The standard InChI is InChI=1S/C14H17N3O/c1-10(9-14(15)17-18)16-13-8-4-6-11-5-2-3-7-12(11)13/h2-8,10,16,18H,9H2,1H3,(H2,15,17). The van der Waals surface area contributed by atoms with E-state index in [1.807, 2.05) is 31.2 Å². The number of amidine groups is 1. The molecule has 18 heavy (non-hydrogen) atoms. The maximum atomic E-state index is 8.56. The van der Waals surface area contributed by atoms with Crippen molar-refractivity contribution < 1.29 is 5.21 Å². The molecule has 0 radical (unpaired) electrons. The Hall–Kier alpha value is -2.23. The van der Waals surface area contributed by atoms with Crippen LogP contribution in [0.15, 0.2) is 47.6 Å². The minimum atomic E-state index is 0.103. The van der Waals surface area contributed by atoms with Gasteiger partial charge in [0.15, 0.2) is 0 Å². The second kappa shape index (κ2) is 5.40. The van der Waals surface area contributed by atoms with Crippen molar-refractivity contribution in [3.63, 3.8) is 0 Å². The van der Waals surface area contributed by atoms with Crippen LogP contribution in [0.4, 0.5) is 5.69 Å². The molecule has 0 fully saturated rings. The van der Waals surface area contributed by atoms with Gasteiger partial charge in [-0.15, -0.1) is 0 Å². The molecule has 1 unspecified atom stereocenters. The van der Waals surface area contributed by atoms with Crippen LogP contribution in [0.5, 0.6) is 0 Å². The number of fused-ring (bicyclic) bond motifs is 1. The SMILES string of the molecule is CC(CC(N)=NO)Nc1cccc2ccccc12. The van der Waals surface area contributed by atoms with Crippen molar-refractivity contribution in [3.8, 4) is 0 Å². The fourth-order valence-corrected chi connectivity index (χ4v) is 2.02. The van der Waals surface area contributed by atoms with Gasteiger partial charge in [0.05, 0.1) is 0 Å². The lowest BCUT2D eigenvalue weighted by molar-refractivity contribution is 0.316. The lowest BCUT2D eigenvalue weighted by Gasteiger charge is -2.16. The van der Waals surface area contributed by atoms with E-state index in [-0.39, 0.29) is 11.9 Å². The topological polar surface area (TPSA) is 70.6 Å². The average molecular weight is 243 g/mol. The van der Waals surface area contributed by atoms with Gasteiger partial charge in [0, 0.05) is 23.5 Å². The van der Waals surface area contributed by atoms with E-state index in [1.165, 1.54) is 10.8 Å². The summed E-state index contributed by atoms with van der Waals surface area (Å²) < 4.78 is 0. The molecule has 0 aromatic heterocycles. The lowest BCUT2D eigenvalue weighted by atomic mass is 10.1. The van der Waals surface area contributed by atoms with Crippen LogP contribution in [-0.2, 0) is 0 Å². The third kappa shape index (κ3) is 2.71. The van der Waals surface area contributed by atoms with E-state index in [0.29, 0.717) is 6.42 Å². The first-order valence-electron chi connectivity index (χ1n) is 5.91. The summed E-state index contributed by atoms with van der Waals surface area (Å²) in [6.07, 6.45) is 0.500. The van der Waals surface area contributed by atoms with Gasteiger partial charge >= 0.3 is 0 Å². The summed E-state index contributed by atoms with van der Waals surface area (Å²) in [5, 5.41) is 17.3. The molecule has 4 heteroatoms. The Morgan fingerprint density at radius 2 is 2.00 bits per heavy atom. The second-order valence-corrected chi connectivity index (χ2v) is 4.37. The van der Waals surface area contributed by atoms with Gasteiger partial charge in [0.2, 0.25) is 0 Å². The summed E-state index contributed by atoms with van der Waals surface area (Å²) in [6.45, 7) is 2.00. The van der Waals surface area contributed by atoms with Crippen molar-refractivity contribution in [3.05, 3.63) is 42.5 Å².